The van der Waals surface area contributed by atoms with Crippen molar-refractivity contribution in [3.8, 4) is 0 Å². The second-order valence-corrected chi connectivity index (χ2v) is 6.00. The predicted molar refractivity (Wildman–Crippen MR) is 62.9 cm³/mol. The number of hydrazine groups is 1. The van der Waals surface area contributed by atoms with Crippen LogP contribution in [0.15, 0.2) is 0 Å². The fraction of sp³-hybridized carbons (Fsp3) is 0.909. The highest BCUT2D eigenvalue weighted by atomic mass is 35.5. The van der Waals surface area contributed by atoms with Crippen LogP contribution in [-0.4, -0.2) is 34.8 Å². The van der Waals surface area contributed by atoms with Gasteiger partial charge in [0.1, 0.15) is 6.04 Å². The molecule has 15 heavy (non-hydrogen) atoms. The zero-order valence-corrected chi connectivity index (χ0v) is 10.9. The first-order valence-corrected chi connectivity index (χ1v) is 5.89. The molecule has 3 nitrogen and oxygen atoms in total. The fourth-order valence-electron chi connectivity index (χ4n) is 1.81. The van der Waals surface area contributed by atoms with E-state index in [1.165, 1.54) is 0 Å². The smallest absolute Gasteiger partial charge is 0.158 e. The van der Waals surface area contributed by atoms with Gasteiger partial charge in [0.15, 0.2) is 5.78 Å². The number of nitrogens with one attached hydrogen (secondary N) is 1. The van der Waals surface area contributed by atoms with Crippen molar-refractivity contribution in [2.45, 2.75) is 52.1 Å². The maximum atomic E-state index is 12.2. The van der Waals surface area contributed by atoms with Gasteiger partial charge in [-0.2, -0.15) is 0 Å². The molecule has 1 rings (SSSR count). The summed E-state index contributed by atoms with van der Waals surface area (Å²) in [6.45, 7) is 10.6. The number of carbonyl (C=O) groups is 1. The molecule has 1 fully saturated rings. The molecule has 0 aliphatic carbocycles. The summed E-state index contributed by atoms with van der Waals surface area (Å²) in [5, 5.41) is 1.85. The van der Waals surface area contributed by atoms with E-state index in [0.29, 0.717) is 6.54 Å². The molecule has 0 aromatic carbocycles. The molecule has 1 aliphatic heterocycles. The third-order valence-corrected chi connectivity index (χ3v) is 3.07. The molecule has 1 saturated heterocycles. The van der Waals surface area contributed by atoms with Crippen molar-refractivity contribution in [3.63, 3.8) is 0 Å². The van der Waals surface area contributed by atoms with E-state index in [2.05, 4.69) is 19.3 Å². The van der Waals surface area contributed by atoms with E-state index in [1.54, 1.807) is 0 Å². The first-order chi connectivity index (χ1) is 6.75. The van der Waals surface area contributed by atoms with Gasteiger partial charge in [0.2, 0.25) is 0 Å². The molecule has 0 saturated carbocycles. The normalized spacial score (nSPS) is 28.7. The molecular weight excluding hydrogens is 212 g/mol. The van der Waals surface area contributed by atoms with Gasteiger partial charge in [0, 0.05) is 18.0 Å². The quantitative estimate of drug-likeness (QED) is 0.737. The Morgan fingerprint density at radius 1 is 1.47 bits per heavy atom. The van der Waals surface area contributed by atoms with Crippen LogP contribution >= 0.6 is 11.6 Å². The minimum atomic E-state index is -0.336. The molecule has 0 bridgehead atoms. The van der Waals surface area contributed by atoms with Crippen LogP contribution in [0.3, 0.4) is 0 Å². The number of halogens is 1. The molecule has 1 heterocycles. The standard InChI is InChI=1S/C11H21ClN2O/c1-7(2)14-9(8(12)6-13-14)10(15)11(3,4)5/h7-9,13H,6H2,1-5H3. The SMILES string of the molecule is CC(C)N1NCC(Cl)C1C(=O)C(C)(C)C. The van der Waals surface area contributed by atoms with Gasteiger partial charge in [-0.1, -0.05) is 20.8 Å². The number of ketones is 1. The molecule has 1 aliphatic rings. The summed E-state index contributed by atoms with van der Waals surface area (Å²) >= 11 is 6.19. The first kappa shape index (κ1) is 12.9. The highest BCUT2D eigenvalue weighted by Gasteiger charge is 2.43. The number of nitrogens with zero attached hydrogens (tertiary/aromatic N) is 1. The van der Waals surface area contributed by atoms with E-state index >= 15 is 0 Å². The number of carbonyl (C=O) groups excluding carboxylic acids is 1. The number of hydrogen-bond acceptors (Lipinski definition) is 3. The monoisotopic (exact) mass is 232 g/mol. The summed E-state index contributed by atoms with van der Waals surface area (Å²) < 4.78 is 0. The minimum absolute atomic E-state index is 0.126. The van der Waals surface area contributed by atoms with Gasteiger partial charge < -0.3 is 0 Å². The van der Waals surface area contributed by atoms with Crippen molar-refractivity contribution >= 4 is 17.4 Å². The lowest BCUT2D eigenvalue weighted by atomic mass is 9.85. The number of hydrogen-bond donors (Lipinski definition) is 1. The third-order valence-electron chi connectivity index (χ3n) is 2.68. The fourth-order valence-corrected chi connectivity index (χ4v) is 2.12. The van der Waals surface area contributed by atoms with E-state index in [1.807, 2.05) is 25.8 Å². The highest BCUT2D eigenvalue weighted by molar-refractivity contribution is 6.23. The molecule has 88 valence electrons. The van der Waals surface area contributed by atoms with Crippen molar-refractivity contribution in [1.82, 2.24) is 10.4 Å². The van der Waals surface area contributed by atoms with Crippen LogP contribution in [0.2, 0.25) is 0 Å². The molecule has 4 heteroatoms. The molecule has 1 N–H and O–H groups in total. The zero-order chi connectivity index (χ0) is 11.8. The number of rotatable bonds is 2. The van der Waals surface area contributed by atoms with Gasteiger partial charge in [-0.25, -0.2) is 5.01 Å². The van der Waals surface area contributed by atoms with Crippen LogP contribution in [0.5, 0.6) is 0 Å². The second kappa shape index (κ2) is 4.40. The molecule has 0 amide bonds. The Balaban J connectivity index is 2.86. The molecule has 0 radical (unpaired) electrons. The minimum Gasteiger partial charge on any atom is -0.297 e. The summed E-state index contributed by atoms with van der Waals surface area (Å²) in [5.74, 6) is 0.209. The molecule has 0 spiro atoms. The molecule has 0 aromatic heterocycles. The second-order valence-electron chi connectivity index (χ2n) is 5.44. The van der Waals surface area contributed by atoms with Crippen LogP contribution in [-0.2, 0) is 4.79 Å². The van der Waals surface area contributed by atoms with Crippen molar-refractivity contribution in [2.75, 3.05) is 6.54 Å². The highest BCUT2D eigenvalue weighted by Crippen LogP contribution is 2.26. The Kier molecular flexibility index (Phi) is 3.80. The summed E-state index contributed by atoms with van der Waals surface area (Å²) in [5.41, 5.74) is 2.85. The van der Waals surface area contributed by atoms with Crippen molar-refractivity contribution in [2.24, 2.45) is 5.41 Å². The van der Waals surface area contributed by atoms with Crippen molar-refractivity contribution in [3.05, 3.63) is 0 Å². The topological polar surface area (TPSA) is 32.3 Å². The lowest BCUT2D eigenvalue weighted by Crippen LogP contribution is -2.50. The van der Waals surface area contributed by atoms with Crippen molar-refractivity contribution < 1.29 is 4.79 Å². The average Bonchev–Trinajstić information content (AvgIpc) is 2.44. The summed E-state index contributed by atoms with van der Waals surface area (Å²) in [4.78, 5) is 12.2. The zero-order valence-electron chi connectivity index (χ0n) is 10.2. The number of Topliss-reactive ketones (excluding diaryl/α,β-unsaturated/α-hetero) is 1. The molecule has 2 atom stereocenters. The van der Waals surface area contributed by atoms with E-state index in [9.17, 15) is 4.79 Å². The van der Waals surface area contributed by atoms with Crippen LogP contribution in [0.4, 0.5) is 0 Å². The van der Waals surface area contributed by atoms with E-state index in [-0.39, 0.29) is 28.7 Å². The van der Waals surface area contributed by atoms with E-state index in [4.69, 9.17) is 11.6 Å². The van der Waals surface area contributed by atoms with Crippen LogP contribution in [0, 0.1) is 5.41 Å². The lowest BCUT2D eigenvalue weighted by molar-refractivity contribution is -0.132. The van der Waals surface area contributed by atoms with Crippen LogP contribution in [0.25, 0.3) is 0 Å². The molecular formula is C11H21ClN2O. The maximum absolute atomic E-state index is 12.2. The van der Waals surface area contributed by atoms with Gasteiger partial charge in [0.25, 0.3) is 0 Å². The van der Waals surface area contributed by atoms with Gasteiger partial charge in [-0.15, -0.1) is 11.6 Å². The lowest BCUT2D eigenvalue weighted by Gasteiger charge is -2.32. The Morgan fingerprint density at radius 3 is 2.40 bits per heavy atom. The van der Waals surface area contributed by atoms with Crippen LogP contribution < -0.4 is 5.43 Å². The van der Waals surface area contributed by atoms with Gasteiger partial charge in [-0.3, -0.25) is 10.2 Å². The predicted octanol–water partition coefficient (Wildman–Crippen LogP) is 1.81. The Labute approximate surface area is 97.1 Å². The Bertz CT molecular complexity index is 247. The summed E-state index contributed by atoms with van der Waals surface area (Å²) in [7, 11) is 0. The van der Waals surface area contributed by atoms with Gasteiger partial charge >= 0.3 is 0 Å². The van der Waals surface area contributed by atoms with Gasteiger partial charge in [0.05, 0.1) is 5.38 Å². The van der Waals surface area contributed by atoms with Gasteiger partial charge in [-0.05, 0) is 13.8 Å². The summed E-state index contributed by atoms with van der Waals surface area (Å²) in [6.07, 6.45) is 0. The van der Waals surface area contributed by atoms with E-state index < -0.39 is 0 Å². The van der Waals surface area contributed by atoms with E-state index in [0.717, 1.165) is 0 Å². The third kappa shape index (κ3) is 2.71. The Morgan fingerprint density at radius 2 is 2.00 bits per heavy atom. The van der Waals surface area contributed by atoms with Crippen molar-refractivity contribution in [1.29, 1.82) is 0 Å². The average molecular weight is 233 g/mol. The molecule has 2 unspecified atom stereocenters. The molecule has 0 aromatic rings. The Hall–Kier alpha value is -0.120. The maximum Gasteiger partial charge on any atom is 0.158 e. The van der Waals surface area contributed by atoms with Crippen LogP contribution in [0.1, 0.15) is 34.6 Å². The largest absolute Gasteiger partial charge is 0.297 e. The number of alkyl halides is 1. The summed E-state index contributed by atoms with van der Waals surface area (Å²) in [6, 6.07) is 0.0803. The first-order valence-electron chi connectivity index (χ1n) is 5.45.